The van der Waals surface area contributed by atoms with Crippen molar-refractivity contribution in [1.29, 1.82) is 0 Å². The first-order valence-corrected chi connectivity index (χ1v) is 44.5. The number of phenols is 1. The molecule has 46 heteroatoms. The number of phenolic OH excluding ortho intramolecular Hbond substituents is 1. The average molecular weight is 1860 g/mol. The Balaban J connectivity index is 1.19. The molecule has 132 heavy (non-hydrogen) atoms. The van der Waals surface area contributed by atoms with Gasteiger partial charge in [-0.15, -0.1) is 11.8 Å². The zero-order valence-corrected chi connectivity index (χ0v) is 74.9. The van der Waals surface area contributed by atoms with E-state index in [-0.39, 0.29) is 62.8 Å². The third-order valence-electron chi connectivity index (χ3n) is 23.3. The van der Waals surface area contributed by atoms with Crippen molar-refractivity contribution in [3.05, 3.63) is 102 Å². The molecule has 15 atom stereocenters. The predicted molar refractivity (Wildman–Crippen MR) is 475 cm³/mol. The summed E-state index contributed by atoms with van der Waals surface area (Å²) < 4.78 is 1.38. The summed E-state index contributed by atoms with van der Waals surface area (Å²) in [5, 5.41) is 78.6. The Morgan fingerprint density at radius 3 is 1.72 bits per heavy atom. The molecule has 3 aliphatic rings. The lowest BCUT2D eigenvalue weighted by atomic mass is 10.00. The number of para-hydroxylation sites is 2. The number of aromatic hydroxyl groups is 1. The van der Waals surface area contributed by atoms with Crippen molar-refractivity contribution in [2.45, 2.75) is 214 Å². The van der Waals surface area contributed by atoms with Gasteiger partial charge in [-0.05, 0) is 80.0 Å². The fourth-order valence-corrected chi connectivity index (χ4v) is 16.8. The number of thioether (sulfide) groups is 1. The minimum atomic E-state index is -2.01. The molecule has 2 aromatic heterocycles. The third-order valence-corrected chi connectivity index (χ3v) is 24.3. The van der Waals surface area contributed by atoms with E-state index < -0.39 is 292 Å². The standard InChI is InChI=1S/C86H119N21O24S/c1-7-9-19-64-79(124)98-60(36-88)77(122)101-62(74(119)92-38-69(90)112)43-132-44-70(113)93-56(30-46-23-25-49(109)26-24-46)82(127)102(4)45(3)73(118)96-58(34-68(89)111)85(130)106-29-15-22-65(106)80(125)99-59(35-87)76(121)94-54(27-28-71(114)115)84(129)107-40-50(110)33-67(107)81(126)95-55(31-47-37-91-53-18-13-11-16-51(47)53)75(120)100-61(42-108)78(123)97-57(83(128)104(6)66(20-10-8-2)86(131)103(64)5)32-48-39-105(41-72(116)117)63-21-14-12-17-52(48)63/h11-14,16-18,21,23-26,37,39,45,50,54-62,64-67,91,108-110H,7-10,15,19-20,22,27-36,38,40-44,87-88H2,1-6H3,(H2,89,111)(H2,90,112)(H,92,119)(H,93,113)(H,94,121)(H,95,126)(H,96,118)(H,97,123)(H,98,124)(H,99,125)(H,100,120)(H,101,122)(H,114,115)(H,116,117)/t45-,50+,54-,55-,56-,57-,58-,59-,60-,61-,62-,64-,65-,66-,67-/m0/s1. The third kappa shape index (κ3) is 28.1. The molecule has 5 aromatic rings. The van der Waals surface area contributed by atoms with E-state index in [0.29, 0.717) is 45.8 Å². The zero-order chi connectivity index (χ0) is 97.1. The number of primary amides is 2. The highest BCUT2D eigenvalue weighted by molar-refractivity contribution is 8.00. The summed E-state index contributed by atoms with van der Waals surface area (Å²) in [4.78, 5) is 279. The van der Waals surface area contributed by atoms with Gasteiger partial charge in [-0.2, -0.15) is 0 Å². The van der Waals surface area contributed by atoms with E-state index in [0.717, 1.165) is 36.3 Å². The summed E-state index contributed by atoms with van der Waals surface area (Å²) in [6.45, 7) is 0.131. The molecule has 0 unspecified atom stereocenters. The minimum Gasteiger partial charge on any atom is -0.508 e. The summed E-state index contributed by atoms with van der Waals surface area (Å²) in [6.07, 6.45) is -1.27. The molecule has 3 fully saturated rings. The Morgan fingerprint density at radius 1 is 0.538 bits per heavy atom. The number of carbonyl (C=O) groups is 19. The van der Waals surface area contributed by atoms with E-state index in [9.17, 15) is 87.9 Å². The van der Waals surface area contributed by atoms with Crippen molar-refractivity contribution in [2.75, 3.05) is 72.0 Å². The lowest BCUT2D eigenvalue weighted by Crippen LogP contribution is -2.62. The SMILES string of the molecule is CCCC[C@H]1C(=O)N(C)[C@@H](CCCC)C(=O)N[C@@H](CN)C(=O)N[C@H](C(=O)NCC(N)=O)CSCC(=O)N[C@@H](Cc2ccc(O)cc2)C(=O)N(C)[C@@H](C)C(=O)N[C@@H](CC(N)=O)C(=O)N2CCC[C@H]2C(=O)N[C@@H](CN)C(=O)N[C@@H](CCC(=O)O)C(=O)N2C[C@H](O)C[C@H]2C(=O)N[C@@H](Cc2c[nH]c3ccccc23)C(=O)N[C@@H](CO)C(=O)N[C@@H](Cc2cn(CC(=O)O)c3ccccc23)C(=O)N1C. The summed E-state index contributed by atoms with van der Waals surface area (Å²) in [7, 11) is 3.72. The molecule has 8 rings (SSSR count). The van der Waals surface area contributed by atoms with Crippen molar-refractivity contribution in [3.63, 3.8) is 0 Å². The lowest BCUT2D eigenvalue weighted by Gasteiger charge is -2.36. The van der Waals surface area contributed by atoms with Crippen LogP contribution in [-0.2, 0) is 117 Å². The number of nitrogens with one attached hydrogen (secondary N) is 11. The molecule has 0 saturated carbocycles. The van der Waals surface area contributed by atoms with Gasteiger partial charge in [0.2, 0.25) is 100 Å². The number of carboxylic acid groups (broad SMARTS) is 2. The number of nitrogens with zero attached hydrogens (tertiary/aromatic N) is 6. The first-order valence-electron chi connectivity index (χ1n) is 43.3. The zero-order valence-electron chi connectivity index (χ0n) is 74.1. The second-order valence-electron chi connectivity index (χ2n) is 32.8. The van der Waals surface area contributed by atoms with Crippen molar-refractivity contribution < 1.29 is 117 Å². The molecular weight excluding hydrogens is 1740 g/mol. The molecule has 24 N–H and O–H groups in total. The first-order chi connectivity index (χ1) is 62.7. The molecule has 5 heterocycles. The molecule has 0 bridgehead atoms. The van der Waals surface area contributed by atoms with Crippen LogP contribution in [-0.4, -0.2) is 335 Å². The Morgan fingerprint density at radius 2 is 1.08 bits per heavy atom. The molecule has 45 nitrogen and oxygen atoms in total. The number of carbonyl (C=O) groups excluding carboxylic acids is 17. The van der Waals surface area contributed by atoms with Gasteiger partial charge in [0, 0.05) is 119 Å². The van der Waals surface area contributed by atoms with Crippen LogP contribution in [0, 0.1) is 0 Å². The number of nitrogens with two attached hydrogens (primary N) is 4. The van der Waals surface area contributed by atoms with Crippen molar-refractivity contribution >= 4 is 146 Å². The molecule has 3 aromatic carbocycles. The first kappa shape index (κ1) is 104. The predicted octanol–water partition coefficient (Wildman–Crippen LogP) is -5.86. The van der Waals surface area contributed by atoms with Crippen molar-refractivity contribution in [3.8, 4) is 5.75 Å². The largest absolute Gasteiger partial charge is 0.508 e. The van der Waals surface area contributed by atoms with E-state index in [1.54, 1.807) is 62.4 Å². The van der Waals surface area contributed by atoms with Gasteiger partial charge in [0.25, 0.3) is 0 Å². The van der Waals surface area contributed by atoms with Crippen LogP contribution < -0.4 is 76.1 Å². The van der Waals surface area contributed by atoms with Crippen molar-refractivity contribution in [2.24, 2.45) is 22.9 Å². The number of aliphatic hydroxyl groups is 2. The number of likely N-dealkylation sites (N-methyl/N-ethyl adjacent to an activating group) is 3. The van der Waals surface area contributed by atoms with E-state index in [1.807, 2.05) is 0 Å². The molecular formula is C86H119N21O24S. The van der Waals surface area contributed by atoms with Crippen LogP contribution in [0.2, 0.25) is 0 Å². The Bertz CT molecular complexity index is 5050. The van der Waals surface area contributed by atoms with Gasteiger partial charge in [0.1, 0.15) is 96.9 Å². The fourth-order valence-electron chi connectivity index (χ4n) is 15.9. The number of aromatic nitrogens is 2. The van der Waals surface area contributed by atoms with E-state index in [4.69, 9.17) is 22.9 Å². The monoisotopic (exact) mass is 1860 g/mol. The van der Waals surface area contributed by atoms with E-state index >= 15 is 28.8 Å². The number of hydrogen-bond acceptors (Lipinski definition) is 25. The second-order valence-corrected chi connectivity index (χ2v) is 33.9. The average Bonchev–Trinajstić information content (AvgIpc) is 1.69. The smallest absolute Gasteiger partial charge is 0.323 e. The summed E-state index contributed by atoms with van der Waals surface area (Å²) in [5.41, 5.74) is 25.3. The van der Waals surface area contributed by atoms with E-state index in [1.165, 1.54) is 69.3 Å². The van der Waals surface area contributed by atoms with Crippen LogP contribution in [0.4, 0.5) is 0 Å². The summed E-state index contributed by atoms with van der Waals surface area (Å²) >= 11 is 0.726. The van der Waals surface area contributed by atoms with Crippen LogP contribution in [0.3, 0.4) is 0 Å². The Labute approximate surface area is 763 Å². The number of fused-ring (bicyclic) bond motifs is 4. The number of unbranched alkanes of at least 4 members (excludes halogenated alkanes) is 2. The molecule has 3 saturated heterocycles. The normalized spacial score (nSPS) is 25.0. The number of benzene rings is 3. The number of amides is 17. The van der Waals surface area contributed by atoms with Gasteiger partial charge in [0.05, 0.1) is 31.4 Å². The number of hydrogen-bond donors (Lipinski definition) is 20. The van der Waals surface area contributed by atoms with Gasteiger partial charge >= 0.3 is 11.9 Å². The quantitative estimate of drug-likeness (QED) is 0.0259. The molecule has 718 valence electrons. The Kier molecular flexibility index (Phi) is 38.7. The number of aliphatic hydroxyl groups excluding tert-OH is 2. The summed E-state index contributed by atoms with van der Waals surface area (Å²) in [5.74, 6) is -21.7. The number of aliphatic carboxylic acids is 2. The van der Waals surface area contributed by atoms with Crippen LogP contribution in [0.25, 0.3) is 21.8 Å². The van der Waals surface area contributed by atoms with Gasteiger partial charge in [-0.25, -0.2) is 0 Å². The summed E-state index contributed by atoms with van der Waals surface area (Å²) in [6, 6.07) is -4.78. The van der Waals surface area contributed by atoms with Gasteiger partial charge in [-0.3, -0.25) is 91.1 Å². The molecule has 0 radical (unpaired) electrons. The van der Waals surface area contributed by atoms with Crippen molar-refractivity contribution in [1.82, 2.24) is 87.2 Å². The molecule has 0 spiro atoms. The maximum absolute atomic E-state index is 15.8. The van der Waals surface area contributed by atoms with E-state index in [2.05, 4.69) is 58.2 Å². The molecule has 17 amide bonds. The minimum absolute atomic E-state index is 0.0663. The lowest BCUT2D eigenvalue weighted by molar-refractivity contribution is -0.149. The van der Waals surface area contributed by atoms with Crippen LogP contribution >= 0.6 is 11.8 Å². The topological polar surface area (TPSA) is 687 Å². The van der Waals surface area contributed by atoms with Gasteiger partial charge < -0.3 is 136 Å². The maximum Gasteiger partial charge on any atom is 0.323 e. The highest BCUT2D eigenvalue weighted by Gasteiger charge is 2.47. The number of carboxylic acids is 2. The van der Waals surface area contributed by atoms with Gasteiger partial charge in [-0.1, -0.05) is 88.1 Å². The highest BCUT2D eigenvalue weighted by atomic mass is 32.2. The number of aromatic amines is 1. The van der Waals surface area contributed by atoms with Crippen LogP contribution in [0.15, 0.2) is 85.2 Å². The molecule has 3 aliphatic heterocycles. The Hall–Kier alpha value is -13.3. The molecule has 0 aliphatic carbocycles. The van der Waals surface area contributed by atoms with Gasteiger partial charge in [0.15, 0.2) is 0 Å². The van der Waals surface area contributed by atoms with Crippen LogP contribution in [0.1, 0.15) is 115 Å². The highest BCUT2D eigenvalue weighted by Crippen LogP contribution is 2.28. The number of rotatable bonds is 25. The van der Waals surface area contributed by atoms with Crippen LogP contribution in [0.5, 0.6) is 5.75 Å². The fraction of sp³-hybridized carbons (Fsp3) is 0.523. The maximum atomic E-state index is 15.8. The number of H-pyrrole nitrogens is 1. The second kappa shape index (κ2) is 49.1.